The minimum atomic E-state index is 1.09. The summed E-state index contributed by atoms with van der Waals surface area (Å²) in [6.07, 6.45) is 4.03. The van der Waals surface area contributed by atoms with E-state index in [9.17, 15) is 0 Å². The van der Waals surface area contributed by atoms with Crippen LogP contribution in [0.5, 0.6) is 0 Å². The first-order chi connectivity index (χ1) is 8.27. The number of nitrogens with zero attached hydrogens (tertiary/aromatic N) is 1. The van der Waals surface area contributed by atoms with Gasteiger partial charge in [0, 0.05) is 12.2 Å². The first-order valence-corrected chi connectivity index (χ1v) is 6.80. The summed E-state index contributed by atoms with van der Waals surface area (Å²) < 4.78 is 0. The quantitative estimate of drug-likeness (QED) is 0.784. The molecule has 0 atom stereocenters. The van der Waals surface area contributed by atoms with Crippen molar-refractivity contribution in [2.24, 2.45) is 0 Å². The molecular formula is C15H24N2. The van der Waals surface area contributed by atoms with Crippen molar-refractivity contribution in [2.75, 3.05) is 31.5 Å². The summed E-state index contributed by atoms with van der Waals surface area (Å²) in [4.78, 5) is 2.58. The number of nitrogens with one attached hydrogen (secondary N) is 1. The third-order valence-corrected chi connectivity index (χ3v) is 3.63. The molecule has 1 aromatic carbocycles. The van der Waals surface area contributed by atoms with Crippen molar-refractivity contribution in [1.82, 2.24) is 4.90 Å². The van der Waals surface area contributed by atoms with Crippen LogP contribution in [0.2, 0.25) is 0 Å². The Balaban J connectivity index is 1.74. The van der Waals surface area contributed by atoms with Crippen molar-refractivity contribution in [2.45, 2.75) is 33.1 Å². The molecule has 94 valence electrons. The van der Waals surface area contributed by atoms with Crippen LogP contribution in [-0.2, 0) is 0 Å². The molecule has 0 radical (unpaired) electrons. The SMILES string of the molecule is Cc1cccc(C)c1NCCCN1CCCC1. The van der Waals surface area contributed by atoms with Crippen LogP contribution in [0.4, 0.5) is 5.69 Å². The molecule has 1 heterocycles. The van der Waals surface area contributed by atoms with E-state index in [1.54, 1.807) is 0 Å². The highest BCUT2D eigenvalue weighted by Gasteiger charge is 2.10. The molecule has 0 bridgehead atoms. The molecule has 1 aromatic rings. The molecule has 1 aliphatic heterocycles. The highest BCUT2D eigenvalue weighted by Crippen LogP contribution is 2.19. The molecule has 0 aliphatic carbocycles. The van der Waals surface area contributed by atoms with Gasteiger partial charge in [-0.1, -0.05) is 18.2 Å². The Morgan fingerprint density at radius 2 is 1.76 bits per heavy atom. The molecule has 17 heavy (non-hydrogen) atoms. The molecule has 0 aromatic heterocycles. The maximum Gasteiger partial charge on any atom is 0.0399 e. The predicted octanol–water partition coefficient (Wildman–Crippen LogP) is 3.20. The second-order valence-corrected chi connectivity index (χ2v) is 5.10. The molecule has 0 amide bonds. The Labute approximate surface area is 105 Å². The number of para-hydroxylation sites is 1. The van der Waals surface area contributed by atoms with E-state index in [1.807, 2.05) is 0 Å². The Morgan fingerprint density at radius 3 is 2.41 bits per heavy atom. The fraction of sp³-hybridized carbons (Fsp3) is 0.600. The van der Waals surface area contributed by atoms with E-state index in [0.29, 0.717) is 0 Å². The molecule has 2 nitrogen and oxygen atoms in total. The highest BCUT2D eigenvalue weighted by molar-refractivity contribution is 5.56. The predicted molar refractivity (Wildman–Crippen MR) is 74.7 cm³/mol. The Morgan fingerprint density at radius 1 is 1.12 bits per heavy atom. The molecule has 2 heteroatoms. The van der Waals surface area contributed by atoms with Crippen molar-refractivity contribution >= 4 is 5.69 Å². The van der Waals surface area contributed by atoms with Gasteiger partial charge in [0.2, 0.25) is 0 Å². The molecule has 1 fully saturated rings. The van der Waals surface area contributed by atoms with Gasteiger partial charge in [-0.05, 0) is 63.9 Å². The van der Waals surface area contributed by atoms with Crippen LogP contribution in [0.3, 0.4) is 0 Å². The Bertz CT molecular complexity index is 334. The zero-order valence-electron chi connectivity index (χ0n) is 11.1. The van der Waals surface area contributed by atoms with Gasteiger partial charge < -0.3 is 10.2 Å². The maximum absolute atomic E-state index is 3.58. The number of anilines is 1. The molecule has 1 saturated heterocycles. The van der Waals surface area contributed by atoms with E-state index in [2.05, 4.69) is 42.3 Å². The van der Waals surface area contributed by atoms with Crippen LogP contribution < -0.4 is 5.32 Å². The average molecular weight is 232 g/mol. The molecule has 1 N–H and O–H groups in total. The van der Waals surface area contributed by atoms with Gasteiger partial charge in [-0.2, -0.15) is 0 Å². The van der Waals surface area contributed by atoms with Gasteiger partial charge in [-0.15, -0.1) is 0 Å². The van der Waals surface area contributed by atoms with Crippen molar-refractivity contribution in [3.8, 4) is 0 Å². The molecule has 0 spiro atoms. The lowest BCUT2D eigenvalue weighted by Gasteiger charge is -2.16. The van der Waals surface area contributed by atoms with Gasteiger partial charge in [0.15, 0.2) is 0 Å². The summed E-state index contributed by atoms with van der Waals surface area (Å²) in [6.45, 7) is 9.30. The van der Waals surface area contributed by atoms with E-state index in [-0.39, 0.29) is 0 Å². The summed E-state index contributed by atoms with van der Waals surface area (Å²) in [7, 11) is 0. The fourth-order valence-corrected chi connectivity index (χ4v) is 2.62. The first kappa shape index (κ1) is 12.4. The molecule has 0 unspecified atom stereocenters. The summed E-state index contributed by atoms with van der Waals surface area (Å²) >= 11 is 0. The summed E-state index contributed by atoms with van der Waals surface area (Å²) in [5.41, 5.74) is 4.03. The van der Waals surface area contributed by atoms with Crippen LogP contribution in [0.25, 0.3) is 0 Å². The minimum Gasteiger partial charge on any atom is -0.385 e. The van der Waals surface area contributed by atoms with Crippen molar-refractivity contribution in [3.05, 3.63) is 29.3 Å². The van der Waals surface area contributed by atoms with E-state index >= 15 is 0 Å². The Hall–Kier alpha value is -1.02. The number of likely N-dealkylation sites (tertiary alicyclic amines) is 1. The van der Waals surface area contributed by atoms with Crippen molar-refractivity contribution in [1.29, 1.82) is 0 Å². The summed E-state index contributed by atoms with van der Waals surface area (Å²) in [5, 5.41) is 3.58. The molecule has 0 saturated carbocycles. The molecular weight excluding hydrogens is 208 g/mol. The maximum atomic E-state index is 3.58. The van der Waals surface area contributed by atoms with Crippen LogP contribution in [0.1, 0.15) is 30.4 Å². The van der Waals surface area contributed by atoms with Gasteiger partial charge in [0.25, 0.3) is 0 Å². The van der Waals surface area contributed by atoms with Crippen LogP contribution in [0, 0.1) is 13.8 Å². The number of rotatable bonds is 5. The molecule has 1 aliphatic rings. The van der Waals surface area contributed by atoms with E-state index < -0.39 is 0 Å². The lowest BCUT2D eigenvalue weighted by Crippen LogP contribution is -2.22. The minimum absolute atomic E-state index is 1.09. The normalized spacial score (nSPS) is 16.4. The number of hydrogen-bond acceptors (Lipinski definition) is 2. The van der Waals surface area contributed by atoms with Gasteiger partial charge in [-0.25, -0.2) is 0 Å². The average Bonchev–Trinajstić information content (AvgIpc) is 2.80. The number of benzene rings is 1. The summed E-state index contributed by atoms with van der Waals surface area (Å²) in [6, 6.07) is 6.48. The van der Waals surface area contributed by atoms with Crippen LogP contribution in [-0.4, -0.2) is 31.1 Å². The third kappa shape index (κ3) is 3.47. The zero-order valence-corrected chi connectivity index (χ0v) is 11.1. The number of hydrogen-bond donors (Lipinski definition) is 1. The van der Waals surface area contributed by atoms with Gasteiger partial charge in [-0.3, -0.25) is 0 Å². The lowest BCUT2D eigenvalue weighted by atomic mass is 10.1. The third-order valence-electron chi connectivity index (χ3n) is 3.63. The Kier molecular flexibility index (Phi) is 4.43. The highest BCUT2D eigenvalue weighted by atomic mass is 15.1. The van der Waals surface area contributed by atoms with E-state index in [4.69, 9.17) is 0 Å². The van der Waals surface area contributed by atoms with Crippen LogP contribution in [0.15, 0.2) is 18.2 Å². The molecule has 2 rings (SSSR count). The van der Waals surface area contributed by atoms with E-state index in [1.165, 1.54) is 55.7 Å². The standard InChI is InChI=1S/C15H24N2/c1-13-7-5-8-14(2)15(13)16-9-6-12-17-10-3-4-11-17/h5,7-8,16H,3-4,6,9-12H2,1-2H3. The fourth-order valence-electron chi connectivity index (χ4n) is 2.62. The topological polar surface area (TPSA) is 15.3 Å². The first-order valence-electron chi connectivity index (χ1n) is 6.80. The van der Waals surface area contributed by atoms with Crippen molar-refractivity contribution in [3.63, 3.8) is 0 Å². The second kappa shape index (κ2) is 6.06. The van der Waals surface area contributed by atoms with E-state index in [0.717, 1.165) is 6.54 Å². The smallest absolute Gasteiger partial charge is 0.0399 e. The second-order valence-electron chi connectivity index (χ2n) is 5.10. The van der Waals surface area contributed by atoms with Gasteiger partial charge >= 0.3 is 0 Å². The van der Waals surface area contributed by atoms with Crippen LogP contribution >= 0.6 is 0 Å². The zero-order chi connectivity index (χ0) is 12.1. The summed E-state index contributed by atoms with van der Waals surface area (Å²) in [5.74, 6) is 0. The largest absolute Gasteiger partial charge is 0.385 e. The monoisotopic (exact) mass is 232 g/mol. The lowest BCUT2D eigenvalue weighted by molar-refractivity contribution is 0.337. The van der Waals surface area contributed by atoms with Gasteiger partial charge in [0.05, 0.1) is 0 Å². The van der Waals surface area contributed by atoms with Crippen molar-refractivity contribution < 1.29 is 0 Å². The van der Waals surface area contributed by atoms with Gasteiger partial charge in [0.1, 0.15) is 0 Å². The number of aryl methyl sites for hydroxylation is 2.